The van der Waals surface area contributed by atoms with Gasteiger partial charge in [0.25, 0.3) is 0 Å². The number of halogens is 3. The molecule has 0 aromatic carbocycles. The van der Waals surface area contributed by atoms with Gasteiger partial charge in [-0.2, -0.15) is 10.2 Å². The van der Waals surface area contributed by atoms with Crippen LogP contribution in [0.2, 0.25) is 0 Å². The fraction of sp³-hybridized carbons (Fsp3) is 0.214. The predicted octanol–water partition coefficient (Wildman–Crippen LogP) is 3.87. The Morgan fingerprint density at radius 1 is 1.18 bits per heavy atom. The number of hydrogen-bond donors (Lipinski definition) is 0. The summed E-state index contributed by atoms with van der Waals surface area (Å²) < 4.78 is 18.4. The minimum Gasteiger partial charge on any atom is -0.259 e. The van der Waals surface area contributed by atoms with Crippen LogP contribution in [0.25, 0.3) is 11.4 Å². The molecule has 0 spiro atoms. The molecule has 0 aliphatic heterocycles. The number of pyridine rings is 1. The third-order valence-electron chi connectivity index (χ3n) is 3.23. The highest BCUT2D eigenvalue weighted by atomic mass is 79.9. The molecule has 0 N–H and O–H groups in total. The summed E-state index contributed by atoms with van der Waals surface area (Å²) >= 11 is 6.90. The molecule has 3 aromatic heterocycles. The van der Waals surface area contributed by atoms with E-state index >= 15 is 0 Å². The summed E-state index contributed by atoms with van der Waals surface area (Å²) in [5, 5.41) is 8.63. The highest BCUT2D eigenvalue weighted by Gasteiger charge is 2.14. The smallest absolute Gasteiger partial charge is 0.142 e. The van der Waals surface area contributed by atoms with Crippen molar-refractivity contribution in [2.45, 2.75) is 20.0 Å². The van der Waals surface area contributed by atoms with Crippen LogP contribution in [0, 0.1) is 5.82 Å². The molecule has 0 saturated heterocycles. The number of aryl methyl sites for hydroxylation is 1. The number of hydrogen-bond acceptors (Lipinski definition) is 3. The first-order valence-corrected chi connectivity index (χ1v) is 8.22. The van der Waals surface area contributed by atoms with Crippen molar-refractivity contribution in [2.24, 2.45) is 0 Å². The molecule has 0 fully saturated rings. The van der Waals surface area contributed by atoms with Gasteiger partial charge in [0.05, 0.1) is 24.6 Å². The van der Waals surface area contributed by atoms with Crippen LogP contribution in [-0.4, -0.2) is 24.5 Å². The van der Waals surface area contributed by atoms with Gasteiger partial charge in [-0.3, -0.25) is 14.3 Å². The number of aromatic nitrogens is 5. The van der Waals surface area contributed by atoms with E-state index in [0.717, 1.165) is 22.4 Å². The molecule has 0 aliphatic rings. The van der Waals surface area contributed by atoms with E-state index in [4.69, 9.17) is 0 Å². The maximum absolute atomic E-state index is 13.2. The third-order valence-corrected chi connectivity index (χ3v) is 4.75. The maximum Gasteiger partial charge on any atom is 0.142 e. The molecule has 0 radical (unpaired) electrons. The summed E-state index contributed by atoms with van der Waals surface area (Å²) in [4.78, 5) is 4.15. The van der Waals surface area contributed by atoms with E-state index in [9.17, 15) is 4.39 Å². The highest BCUT2D eigenvalue weighted by molar-refractivity contribution is 9.10. The minimum atomic E-state index is -0.381. The second-order valence-electron chi connectivity index (χ2n) is 4.63. The van der Waals surface area contributed by atoms with Gasteiger partial charge in [0.1, 0.15) is 16.1 Å². The fourth-order valence-corrected chi connectivity index (χ4v) is 3.25. The van der Waals surface area contributed by atoms with Crippen molar-refractivity contribution in [1.29, 1.82) is 0 Å². The number of nitrogens with zero attached hydrogens (tertiary/aromatic N) is 5. The van der Waals surface area contributed by atoms with Gasteiger partial charge in [-0.1, -0.05) is 0 Å². The first-order chi connectivity index (χ1) is 10.6. The van der Waals surface area contributed by atoms with Gasteiger partial charge in [0, 0.05) is 22.8 Å². The van der Waals surface area contributed by atoms with Crippen LogP contribution in [0.3, 0.4) is 0 Å². The van der Waals surface area contributed by atoms with Crippen LogP contribution in [0.15, 0.2) is 39.8 Å². The third kappa shape index (κ3) is 2.85. The molecule has 22 heavy (non-hydrogen) atoms. The first-order valence-electron chi connectivity index (χ1n) is 6.63. The average Bonchev–Trinajstić information content (AvgIpc) is 3.07. The topological polar surface area (TPSA) is 48.5 Å². The second-order valence-corrected chi connectivity index (χ2v) is 6.24. The normalized spacial score (nSPS) is 11.1. The van der Waals surface area contributed by atoms with E-state index in [0.29, 0.717) is 16.7 Å². The molecule has 0 bridgehead atoms. The van der Waals surface area contributed by atoms with Gasteiger partial charge in [-0.15, -0.1) is 0 Å². The molecule has 5 nitrogen and oxygen atoms in total. The summed E-state index contributed by atoms with van der Waals surface area (Å²) in [6.45, 7) is 3.37. The highest BCUT2D eigenvalue weighted by Crippen LogP contribution is 2.27. The van der Waals surface area contributed by atoms with E-state index in [2.05, 4.69) is 47.0 Å². The van der Waals surface area contributed by atoms with Crippen LogP contribution in [0.5, 0.6) is 0 Å². The zero-order valence-corrected chi connectivity index (χ0v) is 14.8. The summed E-state index contributed by atoms with van der Waals surface area (Å²) in [6.07, 6.45) is 4.71. The van der Waals surface area contributed by atoms with Crippen molar-refractivity contribution < 1.29 is 4.39 Å². The average molecular weight is 429 g/mol. The zero-order valence-electron chi connectivity index (χ0n) is 11.7. The summed E-state index contributed by atoms with van der Waals surface area (Å²) in [5.41, 5.74) is 2.48. The van der Waals surface area contributed by atoms with Gasteiger partial charge < -0.3 is 0 Å². The second kappa shape index (κ2) is 6.29. The van der Waals surface area contributed by atoms with Gasteiger partial charge >= 0.3 is 0 Å². The van der Waals surface area contributed by atoms with Crippen molar-refractivity contribution in [3.63, 3.8) is 0 Å². The summed E-state index contributed by atoms with van der Waals surface area (Å²) in [7, 11) is 0. The van der Waals surface area contributed by atoms with Gasteiger partial charge in [-0.25, -0.2) is 4.39 Å². The fourth-order valence-electron chi connectivity index (χ4n) is 2.16. The van der Waals surface area contributed by atoms with Gasteiger partial charge in [0.2, 0.25) is 0 Å². The van der Waals surface area contributed by atoms with Crippen LogP contribution in [0.4, 0.5) is 4.39 Å². The molecule has 3 rings (SSSR count). The van der Waals surface area contributed by atoms with E-state index in [1.807, 2.05) is 28.6 Å². The Morgan fingerprint density at radius 2 is 2.00 bits per heavy atom. The van der Waals surface area contributed by atoms with Crippen LogP contribution in [0.1, 0.15) is 12.5 Å². The molecular formula is C14H12Br2FN5. The molecule has 0 saturated carbocycles. The lowest BCUT2D eigenvalue weighted by molar-refractivity contribution is 0.620. The predicted molar refractivity (Wildman–Crippen MR) is 87.8 cm³/mol. The Hall–Kier alpha value is -1.54. The Kier molecular flexibility index (Phi) is 4.39. The minimum absolute atomic E-state index is 0.381. The Labute approximate surface area is 143 Å². The zero-order chi connectivity index (χ0) is 15.7. The molecule has 0 amide bonds. The van der Waals surface area contributed by atoms with Crippen molar-refractivity contribution in [2.75, 3.05) is 0 Å². The molecule has 0 atom stereocenters. The Morgan fingerprint density at radius 3 is 2.68 bits per heavy atom. The molecule has 3 heterocycles. The monoisotopic (exact) mass is 427 g/mol. The molecule has 114 valence electrons. The van der Waals surface area contributed by atoms with E-state index in [1.165, 1.54) is 12.3 Å². The van der Waals surface area contributed by atoms with Crippen LogP contribution < -0.4 is 0 Å². The molecule has 0 aliphatic carbocycles. The first kappa shape index (κ1) is 15.4. The largest absolute Gasteiger partial charge is 0.259 e. The van der Waals surface area contributed by atoms with E-state index in [1.54, 1.807) is 6.20 Å². The lowest BCUT2D eigenvalue weighted by atomic mass is 10.2. The lowest BCUT2D eigenvalue weighted by Crippen LogP contribution is -2.05. The molecule has 8 heteroatoms. The van der Waals surface area contributed by atoms with E-state index in [-0.39, 0.29) is 5.82 Å². The number of rotatable bonds is 4. The van der Waals surface area contributed by atoms with Crippen molar-refractivity contribution in [3.8, 4) is 11.4 Å². The van der Waals surface area contributed by atoms with Crippen molar-refractivity contribution in [1.82, 2.24) is 24.5 Å². The van der Waals surface area contributed by atoms with Gasteiger partial charge in [0.15, 0.2) is 0 Å². The maximum atomic E-state index is 13.2. The van der Waals surface area contributed by atoms with E-state index < -0.39 is 0 Å². The molecule has 0 unspecified atom stereocenters. The van der Waals surface area contributed by atoms with Crippen molar-refractivity contribution >= 4 is 31.9 Å². The standard InChI is InChI=1S/C14H12Br2FN5/c1-2-21-14(16)9(6-20-21)8-22-12(3-4-19-22)13-11(15)5-10(17)7-18-13/h3-7H,2,8H2,1H3. The van der Waals surface area contributed by atoms with Crippen molar-refractivity contribution in [3.05, 3.63) is 51.2 Å². The van der Waals surface area contributed by atoms with Gasteiger partial charge in [-0.05, 0) is 50.9 Å². The Bertz CT molecular complexity index is 811. The quantitative estimate of drug-likeness (QED) is 0.633. The van der Waals surface area contributed by atoms with Crippen LogP contribution >= 0.6 is 31.9 Å². The molecular weight excluding hydrogens is 417 g/mol. The van der Waals surface area contributed by atoms with Crippen LogP contribution in [-0.2, 0) is 13.1 Å². The lowest BCUT2D eigenvalue weighted by Gasteiger charge is -2.08. The summed E-state index contributed by atoms with van der Waals surface area (Å²) in [6, 6.07) is 3.24. The Balaban J connectivity index is 1.97. The summed E-state index contributed by atoms with van der Waals surface area (Å²) in [5.74, 6) is -0.381. The SMILES string of the molecule is CCn1ncc(Cn2nccc2-c2ncc(F)cc2Br)c1Br. The molecule has 3 aromatic rings.